The first-order chi connectivity index (χ1) is 11.1. The Bertz CT molecular complexity index is 807. The van der Waals surface area contributed by atoms with Gasteiger partial charge in [0.15, 0.2) is 16.7 Å². The number of anilines is 2. The first-order valence-corrected chi connectivity index (χ1v) is 7.73. The van der Waals surface area contributed by atoms with Gasteiger partial charge in [-0.05, 0) is 29.9 Å². The van der Waals surface area contributed by atoms with Gasteiger partial charge in [-0.2, -0.15) is 10.2 Å². The summed E-state index contributed by atoms with van der Waals surface area (Å²) in [5.74, 6) is 1.36. The Morgan fingerprint density at radius 1 is 1.04 bits per heavy atom. The molecular formula is C15H15ClN6S. The fourth-order valence-corrected chi connectivity index (χ4v) is 2.37. The van der Waals surface area contributed by atoms with Crippen molar-refractivity contribution in [1.29, 1.82) is 0 Å². The fraction of sp³-hybridized carbons (Fsp3) is 0.133. The van der Waals surface area contributed by atoms with Crippen molar-refractivity contribution in [3.05, 3.63) is 59.4 Å². The van der Waals surface area contributed by atoms with Crippen LogP contribution in [0.5, 0.6) is 0 Å². The monoisotopic (exact) mass is 346 g/mol. The molecule has 0 spiro atoms. The van der Waals surface area contributed by atoms with Crippen LogP contribution < -0.4 is 10.6 Å². The van der Waals surface area contributed by atoms with Gasteiger partial charge < -0.3 is 10.6 Å². The number of benzene rings is 1. The summed E-state index contributed by atoms with van der Waals surface area (Å²) in [6.07, 6.45) is 3.73. The molecule has 2 heterocycles. The summed E-state index contributed by atoms with van der Waals surface area (Å²) in [4.78, 5) is 0. The highest BCUT2D eigenvalue weighted by molar-refractivity contribution is 7.80. The lowest BCUT2D eigenvalue weighted by atomic mass is 10.2. The highest BCUT2D eigenvalue weighted by atomic mass is 35.5. The fourth-order valence-electron chi connectivity index (χ4n) is 2.04. The van der Waals surface area contributed by atoms with E-state index in [4.69, 9.17) is 23.8 Å². The standard InChI is InChI=1S/C15H15ClN6S/c1-21-8-6-13(19-21)17-15(23)18-14-7-9-22(20-14)10-11-2-4-12(16)5-3-11/h2-9H,10H2,1H3,(H2,17,18,19,20,23). The normalized spacial score (nSPS) is 10.5. The summed E-state index contributed by atoms with van der Waals surface area (Å²) < 4.78 is 3.53. The van der Waals surface area contributed by atoms with Crippen LogP contribution in [0.4, 0.5) is 11.6 Å². The summed E-state index contributed by atoms with van der Waals surface area (Å²) in [6.45, 7) is 0.666. The molecule has 0 amide bonds. The van der Waals surface area contributed by atoms with Gasteiger partial charge in [0.25, 0.3) is 0 Å². The first kappa shape index (κ1) is 15.5. The molecule has 0 saturated carbocycles. The molecule has 0 unspecified atom stereocenters. The van der Waals surface area contributed by atoms with E-state index in [2.05, 4.69) is 20.8 Å². The maximum Gasteiger partial charge on any atom is 0.177 e. The molecule has 0 aliphatic carbocycles. The molecule has 2 aromatic heterocycles. The highest BCUT2D eigenvalue weighted by Crippen LogP contribution is 2.12. The van der Waals surface area contributed by atoms with Crippen molar-refractivity contribution in [2.45, 2.75) is 6.54 Å². The van der Waals surface area contributed by atoms with Crippen molar-refractivity contribution in [2.24, 2.45) is 7.05 Å². The van der Waals surface area contributed by atoms with Crippen molar-refractivity contribution < 1.29 is 0 Å². The number of aromatic nitrogens is 4. The van der Waals surface area contributed by atoms with E-state index < -0.39 is 0 Å². The Balaban J connectivity index is 1.58. The third kappa shape index (κ3) is 4.30. The van der Waals surface area contributed by atoms with Crippen molar-refractivity contribution in [3.63, 3.8) is 0 Å². The van der Waals surface area contributed by atoms with E-state index in [1.54, 1.807) is 4.68 Å². The van der Waals surface area contributed by atoms with Crippen molar-refractivity contribution >= 4 is 40.6 Å². The molecule has 1 aromatic carbocycles. The minimum Gasteiger partial charge on any atom is -0.316 e. The third-order valence-corrected chi connectivity index (χ3v) is 3.55. The third-order valence-electron chi connectivity index (χ3n) is 3.10. The summed E-state index contributed by atoms with van der Waals surface area (Å²) in [7, 11) is 1.85. The van der Waals surface area contributed by atoms with Crippen LogP contribution in [-0.2, 0) is 13.6 Å². The number of aryl methyl sites for hydroxylation is 1. The van der Waals surface area contributed by atoms with Crippen molar-refractivity contribution in [3.8, 4) is 0 Å². The van der Waals surface area contributed by atoms with E-state index in [-0.39, 0.29) is 0 Å². The second-order valence-corrected chi connectivity index (χ2v) is 5.82. The quantitative estimate of drug-likeness (QED) is 0.711. The number of halogens is 1. The zero-order valence-corrected chi connectivity index (χ0v) is 14.0. The molecule has 3 aromatic rings. The van der Waals surface area contributed by atoms with Crippen molar-refractivity contribution in [2.75, 3.05) is 10.6 Å². The minimum absolute atomic E-state index is 0.445. The van der Waals surface area contributed by atoms with Crippen molar-refractivity contribution in [1.82, 2.24) is 19.6 Å². The maximum absolute atomic E-state index is 5.88. The molecule has 8 heteroatoms. The summed E-state index contributed by atoms with van der Waals surface area (Å²) in [5, 5.41) is 15.8. The van der Waals surface area contributed by atoms with Crippen LogP contribution in [0.2, 0.25) is 5.02 Å². The van der Waals surface area contributed by atoms with Crippen LogP contribution in [0.1, 0.15) is 5.56 Å². The zero-order chi connectivity index (χ0) is 16.2. The summed E-state index contributed by atoms with van der Waals surface area (Å²) in [5.41, 5.74) is 1.12. The predicted molar refractivity (Wildman–Crippen MR) is 95.8 cm³/mol. The largest absolute Gasteiger partial charge is 0.316 e. The molecule has 3 rings (SSSR count). The Hall–Kier alpha value is -2.38. The van der Waals surface area contributed by atoms with E-state index >= 15 is 0 Å². The lowest BCUT2D eigenvalue weighted by Crippen LogP contribution is -2.20. The van der Waals surface area contributed by atoms with E-state index in [1.165, 1.54) is 0 Å². The molecule has 0 atom stereocenters. The minimum atomic E-state index is 0.445. The molecule has 6 nitrogen and oxygen atoms in total. The van der Waals surface area contributed by atoms with Gasteiger partial charge in [0.05, 0.1) is 6.54 Å². The van der Waals surface area contributed by atoms with Gasteiger partial charge in [0, 0.05) is 36.6 Å². The number of thiocarbonyl (C=S) groups is 1. The summed E-state index contributed by atoms with van der Waals surface area (Å²) in [6, 6.07) is 11.4. The topological polar surface area (TPSA) is 59.7 Å². The van der Waals surface area contributed by atoms with Crippen LogP contribution in [0.3, 0.4) is 0 Å². The zero-order valence-electron chi connectivity index (χ0n) is 12.4. The Morgan fingerprint density at radius 2 is 1.70 bits per heavy atom. The first-order valence-electron chi connectivity index (χ1n) is 6.94. The highest BCUT2D eigenvalue weighted by Gasteiger charge is 2.04. The number of hydrogen-bond donors (Lipinski definition) is 2. The molecule has 0 bridgehead atoms. The van der Waals surface area contributed by atoms with Gasteiger partial charge in [0.2, 0.25) is 0 Å². The molecule has 0 aliphatic rings. The van der Waals surface area contributed by atoms with Gasteiger partial charge in [-0.25, -0.2) is 0 Å². The Kier molecular flexibility index (Phi) is 4.59. The molecule has 23 heavy (non-hydrogen) atoms. The van der Waals surface area contributed by atoms with Gasteiger partial charge in [-0.3, -0.25) is 9.36 Å². The second kappa shape index (κ2) is 6.80. The van der Waals surface area contributed by atoms with Crippen LogP contribution in [0.15, 0.2) is 48.8 Å². The number of nitrogens with one attached hydrogen (secondary N) is 2. The number of nitrogens with zero attached hydrogens (tertiary/aromatic N) is 4. The lowest BCUT2D eigenvalue weighted by molar-refractivity contribution is 0.690. The van der Waals surface area contributed by atoms with Crippen LogP contribution >= 0.6 is 23.8 Å². The van der Waals surface area contributed by atoms with Crippen LogP contribution in [0.25, 0.3) is 0 Å². The van der Waals surface area contributed by atoms with E-state index in [1.807, 2.05) is 60.5 Å². The Morgan fingerprint density at radius 3 is 2.35 bits per heavy atom. The lowest BCUT2D eigenvalue weighted by Gasteiger charge is -2.06. The van der Waals surface area contributed by atoms with Crippen LogP contribution in [-0.4, -0.2) is 24.7 Å². The molecule has 0 aliphatic heterocycles. The van der Waals surface area contributed by atoms with Gasteiger partial charge in [-0.1, -0.05) is 23.7 Å². The number of rotatable bonds is 4. The molecule has 118 valence electrons. The molecule has 0 fully saturated rings. The van der Waals surface area contributed by atoms with Crippen LogP contribution in [0, 0.1) is 0 Å². The molecule has 2 N–H and O–H groups in total. The smallest absolute Gasteiger partial charge is 0.177 e. The molecule has 0 saturated heterocycles. The molecule has 0 radical (unpaired) electrons. The SMILES string of the molecule is Cn1ccc(NC(=S)Nc2ccn(Cc3ccc(Cl)cc3)n2)n1. The predicted octanol–water partition coefficient (Wildman–Crippen LogP) is 3.13. The van der Waals surface area contributed by atoms with Gasteiger partial charge >= 0.3 is 0 Å². The summed E-state index contributed by atoms with van der Waals surface area (Å²) >= 11 is 11.1. The van der Waals surface area contributed by atoms with E-state index in [9.17, 15) is 0 Å². The van der Waals surface area contributed by atoms with E-state index in [0.29, 0.717) is 23.3 Å². The second-order valence-electron chi connectivity index (χ2n) is 4.98. The average molecular weight is 347 g/mol. The van der Waals surface area contributed by atoms with Gasteiger partial charge in [0.1, 0.15) is 0 Å². The van der Waals surface area contributed by atoms with Gasteiger partial charge in [-0.15, -0.1) is 0 Å². The van der Waals surface area contributed by atoms with E-state index in [0.717, 1.165) is 10.6 Å². The number of hydrogen-bond acceptors (Lipinski definition) is 3. The molecular weight excluding hydrogens is 332 g/mol. The maximum atomic E-state index is 5.88. The average Bonchev–Trinajstić information content (AvgIpc) is 3.11. The Labute approximate surface area is 144 Å².